The number of nitrogens with one attached hydrogen (secondary N) is 2. The lowest BCUT2D eigenvalue weighted by atomic mass is 9.99. The molecule has 2 atom stereocenters. The van der Waals surface area contributed by atoms with Crippen LogP contribution in [0.2, 0.25) is 0 Å². The molecule has 0 radical (unpaired) electrons. The van der Waals surface area contributed by atoms with Gasteiger partial charge in [-0.25, -0.2) is 9.97 Å². The fourth-order valence-corrected chi connectivity index (χ4v) is 5.61. The van der Waals surface area contributed by atoms with Gasteiger partial charge in [-0.3, -0.25) is 14.6 Å². The minimum absolute atomic E-state index is 0.111. The smallest absolute Gasteiger partial charge is 0.258 e. The molecule has 0 unspecified atom stereocenters. The number of nitrogens with zero attached hydrogens (tertiary/aromatic N) is 4. The van der Waals surface area contributed by atoms with E-state index in [0.717, 1.165) is 47.5 Å². The predicted molar refractivity (Wildman–Crippen MR) is 167 cm³/mol. The Bertz CT molecular complexity index is 1640. The second kappa shape index (κ2) is 13.1. The van der Waals surface area contributed by atoms with E-state index in [4.69, 9.17) is 14.5 Å². The van der Waals surface area contributed by atoms with E-state index in [1.807, 2.05) is 61.7 Å². The molecule has 6 bridgehead atoms. The number of ether oxygens (including phenoxy) is 2. The van der Waals surface area contributed by atoms with E-state index >= 15 is 0 Å². The van der Waals surface area contributed by atoms with Crippen LogP contribution in [0, 0.1) is 6.92 Å². The number of pyridine rings is 1. The number of piperidine rings is 1. The van der Waals surface area contributed by atoms with Gasteiger partial charge in [0, 0.05) is 55.8 Å². The first-order valence-electron chi connectivity index (χ1n) is 15.0. The number of fused-ring (bicyclic) bond motifs is 7. The summed E-state index contributed by atoms with van der Waals surface area (Å²) in [5.41, 5.74) is 4.07. The number of anilines is 1. The predicted octanol–water partition coefficient (Wildman–Crippen LogP) is 4.26. The van der Waals surface area contributed by atoms with Gasteiger partial charge in [0.1, 0.15) is 29.2 Å². The maximum atomic E-state index is 13.7. The van der Waals surface area contributed by atoms with Crippen LogP contribution in [-0.4, -0.2) is 58.6 Å². The molecule has 226 valence electrons. The Hall–Kier alpha value is -4.99. The standard InChI is InChI=1S/C34H36N6O4/c1-3-5-25-19-36-22(2)38-33(25)40-13-12-31-30(20-40)39-34(42)27-14-26(17-35-18-27)24-6-4-7-29(15-24)43-21-32(41)37-16-23-8-10-28(44-31)11-9-23/h4,6-11,14-15,17-19,30-31H,3,5,12-13,16,20-21H2,1-2H3,(H,37,41)(H,39,42)/t30-,31+/m1/s1. The van der Waals surface area contributed by atoms with Gasteiger partial charge in [0.2, 0.25) is 0 Å². The first-order valence-corrected chi connectivity index (χ1v) is 15.0. The Balaban J connectivity index is 1.33. The zero-order valence-corrected chi connectivity index (χ0v) is 25.0. The van der Waals surface area contributed by atoms with Crippen molar-refractivity contribution in [2.75, 3.05) is 24.6 Å². The minimum atomic E-state index is -0.328. The Labute approximate surface area is 256 Å². The summed E-state index contributed by atoms with van der Waals surface area (Å²) in [5.74, 6) is 2.42. The number of aromatic nitrogens is 3. The van der Waals surface area contributed by atoms with Crippen molar-refractivity contribution < 1.29 is 19.1 Å². The van der Waals surface area contributed by atoms with Crippen molar-refractivity contribution in [3.05, 3.63) is 95.7 Å². The van der Waals surface area contributed by atoms with Crippen LogP contribution >= 0.6 is 0 Å². The van der Waals surface area contributed by atoms with E-state index < -0.39 is 0 Å². The lowest BCUT2D eigenvalue weighted by Crippen LogP contribution is -2.57. The molecule has 7 rings (SSSR count). The number of amides is 2. The lowest BCUT2D eigenvalue weighted by molar-refractivity contribution is -0.123. The van der Waals surface area contributed by atoms with Crippen molar-refractivity contribution >= 4 is 17.6 Å². The van der Waals surface area contributed by atoms with E-state index in [0.29, 0.717) is 42.4 Å². The van der Waals surface area contributed by atoms with Gasteiger partial charge in [-0.1, -0.05) is 37.6 Å². The highest BCUT2D eigenvalue weighted by Crippen LogP contribution is 2.28. The number of rotatable bonds is 3. The molecule has 5 heterocycles. The SMILES string of the molecule is CCCc1cnc(C)nc1N1CC[C@@H]2Oc3ccc(cc3)CNC(=O)COc3cccc(c3)-c3cncc(c3)C(=O)N[C@@H]2C1. The minimum Gasteiger partial charge on any atom is -0.488 e. The molecule has 4 aromatic rings. The number of hydrogen-bond acceptors (Lipinski definition) is 8. The number of carbonyl (C=O) groups excluding carboxylic acids is 2. The molecule has 44 heavy (non-hydrogen) atoms. The van der Waals surface area contributed by atoms with Crippen LogP contribution in [0.5, 0.6) is 11.5 Å². The van der Waals surface area contributed by atoms with Crippen LogP contribution in [-0.2, 0) is 17.8 Å². The summed E-state index contributed by atoms with van der Waals surface area (Å²) < 4.78 is 12.2. The molecule has 3 aliphatic heterocycles. The fourth-order valence-electron chi connectivity index (χ4n) is 5.61. The lowest BCUT2D eigenvalue weighted by Gasteiger charge is -2.40. The fraction of sp³-hybridized carbons (Fsp3) is 0.324. The normalized spacial score (nSPS) is 18.7. The second-order valence-electron chi connectivity index (χ2n) is 11.2. The van der Waals surface area contributed by atoms with Crippen molar-refractivity contribution in [3.8, 4) is 22.6 Å². The van der Waals surface area contributed by atoms with Gasteiger partial charge in [-0.15, -0.1) is 0 Å². The van der Waals surface area contributed by atoms with E-state index in [2.05, 4.69) is 32.4 Å². The van der Waals surface area contributed by atoms with Crippen LogP contribution in [0.1, 0.15) is 47.1 Å². The molecule has 0 spiro atoms. The van der Waals surface area contributed by atoms with Gasteiger partial charge in [0.15, 0.2) is 6.61 Å². The van der Waals surface area contributed by atoms with Gasteiger partial charge in [0.25, 0.3) is 11.8 Å². The molecule has 1 fully saturated rings. The van der Waals surface area contributed by atoms with Crippen LogP contribution in [0.3, 0.4) is 0 Å². The molecule has 10 nitrogen and oxygen atoms in total. The average molecular weight is 593 g/mol. The van der Waals surface area contributed by atoms with Gasteiger partial charge in [-0.05, 0) is 54.8 Å². The summed E-state index contributed by atoms with van der Waals surface area (Å²) in [6.45, 7) is 5.55. The topological polar surface area (TPSA) is 119 Å². The summed E-state index contributed by atoms with van der Waals surface area (Å²) in [6.07, 6.45) is 7.46. The van der Waals surface area contributed by atoms with E-state index in [9.17, 15) is 9.59 Å². The van der Waals surface area contributed by atoms with E-state index in [-0.39, 0.29) is 30.6 Å². The molecule has 10 heteroatoms. The molecule has 0 saturated carbocycles. The van der Waals surface area contributed by atoms with Crippen molar-refractivity contribution in [2.24, 2.45) is 0 Å². The molecule has 2 amide bonds. The van der Waals surface area contributed by atoms with Gasteiger partial charge >= 0.3 is 0 Å². The van der Waals surface area contributed by atoms with Crippen LogP contribution in [0.25, 0.3) is 11.1 Å². The Morgan fingerprint density at radius 2 is 1.82 bits per heavy atom. The Kier molecular flexibility index (Phi) is 8.67. The number of aryl methyl sites for hydroxylation is 2. The molecule has 0 aliphatic carbocycles. The highest BCUT2D eigenvalue weighted by Gasteiger charge is 2.34. The molecular formula is C34H36N6O4. The van der Waals surface area contributed by atoms with Crippen LogP contribution in [0.15, 0.2) is 73.2 Å². The quantitative estimate of drug-likeness (QED) is 0.362. The first-order chi connectivity index (χ1) is 21.4. The number of hydrogen-bond donors (Lipinski definition) is 2. The zero-order chi connectivity index (χ0) is 30.5. The highest BCUT2D eigenvalue weighted by molar-refractivity contribution is 5.95. The van der Waals surface area contributed by atoms with Gasteiger partial charge in [0.05, 0.1) is 11.6 Å². The average Bonchev–Trinajstić information content (AvgIpc) is 3.05. The van der Waals surface area contributed by atoms with Crippen LogP contribution in [0.4, 0.5) is 5.82 Å². The summed E-state index contributed by atoms with van der Waals surface area (Å²) in [7, 11) is 0. The first kappa shape index (κ1) is 29.1. The third kappa shape index (κ3) is 6.80. The summed E-state index contributed by atoms with van der Waals surface area (Å²) >= 11 is 0. The second-order valence-corrected chi connectivity index (χ2v) is 11.2. The van der Waals surface area contributed by atoms with Crippen molar-refractivity contribution in [1.29, 1.82) is 0 Å². The summed E-state index contributed by atoms with van der Waals surface area (Å²) in [4.78, 5) is 42.0. The Morgan fingerprint density at radius 3 is 2.66 bits per heavy atom. The third-order valence-corrected chi connectivity index (χ3v) is 7.89. The Morgan fingerprint density at radius 1 is 0.977 bits per heavy atom. The van der Waals surface area contributed by atoms with Crippen LogP contribution < -0.4 is 25.0 Å². The molecular weight excluding hydrogens is 556 g/mol. The van der Waals surface area contributed by atoms with Crippen molar-refractivity contribution in [2.45, 2.75) is 51.8 Å². The number of carbonyl (C=O) groups is 2. The maximum Gasteiger partial charge on any atom is 0.258 e. The monoisotopic (exact) mass is 592 g/mol. The van der Waals surface area contributed by atoms with E-state index in [1.165, 1.54) is 0 Å². The summed E-state index contributed by atoms with van der Waals surface area (Å²) in [5, 5.41) is 6.16. The van der Waals surface area contributed by atoms with Gasteiger partial charge < -0.3 is 25.0 Å². The summed E-state index contributed by atoms with van der Waals surface area (Å²) in [6, 6.07) is 16.5. The maximum absolute atomic E-state index is 13.7. The molecule has 2 N–H and O–H groups in total. The third-order valence-electron chi connectivity index (χ3n) is 7.89. The molecule has 3 aliphatic rings. The largest absolute Gasteiger partial charge is 0.488 e. The molecule has 1 saturated heterocycles. The van der Waals surface area contributed by atoms with Crippen molar-refractivity contribution in [3.63, 3.8) is 0 Å². The zero-order valence-electron chi connectivity index (χ0n) is 25.0. The van der Waals surface area contributed by atoms with Gasteiger partial charge in [-0.2, -0.15) is 0 Å². The number of benzene rings is 2. The highest BCUT2D eigenvalue weighted by atomic mass is 16.5. The van der Waals surface area contributed by atoms with E-state index in [1.54, 1.807) is 18.5 Å². The van der Waals surface area contributed by atoms with Crippen molar-refractivity contribution in [1.82, 2.24) is 25.6 Å². The molecule has 2 aromatic heterocycles. The molecule has 2 aromatic carbocycles.